The first kappa shape index (κ1) is 15.3. The Labute approximate surface area is 138 Å². The first-order chi connectivity index (χ1) is 10.6. The van der Waals surface area contributed by atoms with Gasteiger partial charge in [-0.05, 0) is 41.8 Å². The van der Waals surface area contributed by atoms with E-state index >= 15 is 0 Å². The highest BCUT2D eigenvalue weighted by Crippen LogP contribution is 2.31. The lowest BCUT2D eigenvalue weighted by Gasteiger charge is -2.17. The summed E-state index contributed by atoms with van der Waals surface area (Å²) in [5, 5.41) is 9.21. The van der Waals surface area contributed by atoms with Gasteiger partial charge in [0.2, 0.25) is 5.91 Å². The average Bonchev–Trinajstić information content (AvgIpc) is 2.91. The van der Waals surface area contributed by atoms with Crippen LogP contribution in [0, 0.1) is 12.8 Å². The first-order valence-electron chi connectivity index (χ1n) is 7.37. The van der Waals surface area contributed by atoms with Gasteiger partial charge in [-0.25, -0.2) is 0 Å². The SMILES string of the molecule is Cc1c(Br)cccc1-c1ccc(N2CC(CO)CC2=O)cc1. The predicted octanol–water partition coefficient (Wildman–Crippen LogP) is 3.77. The van der Waals surface area contributed by atoms with Crippen LogP contribution < -0.4 is 4.90 Å². The van der Waals surface area contributed by atoms with Crippen LogP contribution in [0.15, 0.2) is 46.9 Å². The molecule has 3 nitrogen and oxygen atoms in total. The molecule has 1 aliphatic rings. The van der Waals surface area contributed by atoms with E-state index < -0.39 is 0 Å². The van der Waals surface area contributed by atoms with Gasteiger partial charge in [0.05, 0.1) is 0 Å². The lowest BCUT2D eigenvalue weighted by molar-refractivity contribution is -0.117. The number of hydrogen-bond acceptors (Lipinski definition) is 2. The molecule has 0 spiro atoms. The van der Waals surface area contributed by atoms with Crippen LogP contribution in [-0.4, -0.2) is 24.2 Å². The highest BCUT2D eigenvalue weighted by atomic mass is 79.9. The molecule has 2 aromatic carbocycles. The van der Waals surface area contributed by atoms with E-state index in [1.165, 1.54) is 11.1 Å². The second-order valence-corrected chi connectivity index (χ2v) is 6.57. The minimum atomic E-state index is 0.0551. The molecule has 4 heteroatoms. The quantitative estimate of drug-likeness (QED) is 0.905. The summed E-state index contributed by atoms with van der Waals surface area (Å²) in [5.74, 6) is 0.143. The normalized spacial score (nSPS) is 18.0. The second kappa shape index (κ2) is 6.23. The molecule has 114 valence electrons. The predicted molar refractivity (Wildman–Crippen MR) is 91.9 cm³/mol. The van der Waals surface area contributed by atoms with Gasteiger partial charge in [0.1, 0.15) is 0 Å². The Kier molecular flexibility index (Phi) is 4.32. The van der Waals surface area contributed by atoms with E-state index in [-0.39, 0.29) is 18.4 Å². The molecule has 1 unspecified atom stereocenters. The maximum atomic E-state index is 12.0. The Morgan fingerprint density at radius 2 is 1.95 bits per heavy atom. The monoisotopic (exact) mass is 359 g/mol. The fourth-order valence-electron chi connectivity index (χ4n) is 2.89. The molecule has 2 aromatic rings. The largest absolute Gasteiger partial charge is 0.396 e. The molecule has 0 radical (unpaired) electrons. The van der Waals surface area contributed by atoms with Gasteiger partial charge in [0.25, 0.3) is 0 Å². The van der Waals surface area contributed by atoms with Crippen molar-refractivity contribution in [1.82, 2.24) is 0 Å². The summed E-state index contributed by atoms with van der Waals surface area (Å²) in [6, 6.07) is 14.2. The van der Waals surface area contributed by atoms with Crippen LogP contribution in [0.25, 0.3) is 11.1 Å². The maximum Gasteiger partial charge on any atom is 0.227 e. The number of aliphatic hydroxyl groups excluding tert-OH is 1. The zero-order valence-corrected chi connectivity index (χ0v) is 14.0. The van der Waals surface area contributed by atoms with E-state index in [0.717, 1.165) is 15.7 Å². The number of amides is 1. The standard InChI is InChI=1S/C18H18BrNO2/c1-12-16(3-2-4-17(12)19)14-5-7-15(8-6-14)20-10-13(11-21)9-18(20)22/h2-8,13,21H,9-11H2,1H3. The van der Waals surface area contributed by atoms with Crippen molar-refractivity contribution in [2.45, 2.75) is 13.3 Å². The van der Waals surface area contributed by atoms with Gasteiger partial charge in [0.15, 0.2) is 0 Å². The number of nitrogens with zero attached hydrogens (tertiary/aromatic N) is 1. The van der Waals surface area contributed by atoms with Gasteiger partial charge in [-0.3, -0.25) is 4.79 Å². The third kappa shape index (κ3) is 2.81. The van der Waals surface area contributed by atoms with Gasteiger partial charge in [-0.1, -0.05) is 40.2 Å². The van der Waals surface area contributed by atoms with Crippen LogP contribution in [-0.2, 0) is 4.79 Å². The van der Waals surface area contributed by atoms with Gasteiger partial charge in [-0.2, -0.15) is 0 Å². The van der Waals surface area contributed by atoms with E-state index in [4.69, 9.17) is 0 Å². The average molecular weight is 360 g/mol. The highest BCUT2D eigenvalue weighted by Gasteiger charge is 2.29. The van der Waals surface area contributed by atoms with E-state index in [1.54, 1.807) is 4.90 Å². The molecule has 3 rings (SSSR count). The van der Waals surface area contributed by atoms with Gasteiger partial charge >= 0.3 is 0 Å². The number of carbonyl (C=O) groups excluding carboxylic acids is 1. The Morgan fingerprint density at radius 1 is 1.23 bits per heavy atom. The van der Waals surface area contributed by atoms with E-state index in [2.05, 4.69) is 28.9 Å². The number of rotatable bonds is 3. The molecule has 1 N–H and O–H groups in total. The summed E-state index contributed by atoms with van der Waals surface area (Å²) in [5.41, 5.74) is 4.42. The molecule has 1 saturated heterocycles. The minimum Gasteiger partial charge on any atom is -0.396 e. The number of benzene rings is 2. The van der Waals surface area contributed by atoms with E-state index in [1.807, 2.05) is 36.4 Å². The third-order valence-electron chi connectivity index (χ3n) is 4.22. The summed E-state index contributed by atoms with van der Waals surface area (Å²) in [6.45, 7) is 2.76. The molecule has 1 fully saturated rings. The van der Waals surface area contributed by atoms with Gasteiger partial charge in [0, 0.05) is 35.7 Å². The second-order valence-electron chi connectivity index (χ2n) is 5.72. The third-order valence-corrected chi connectivity index (χ3v) is 5.08. The zero-order chi connectivity index (χ0) is 15.7. The topological polar surface area (TPSA) is 40.5 Å². The van der Waals surface area contributed by atoms with Crippen molar-refractivity contribution in [3.63, 3.8) is 0 Å². The molecule has 0 aromatic heterocycles. The Bertz CT molecular complexity index is 697. The molecule has 0 saturated carbocycles. The molecule has 0 aliphatic carbocycles. The van der Waals surface area contributed by atoms with E-state index in [0.29, 0.717) is 13.0 Å². The summed E-state index contributed by atoms with van der Waals surface area (Å²) in [7, 11) is 0. The van der Waals surface area contributed by atoms with Gasteiger partial charge < -0.3 is 10.0 Å². The molecule has 22 heavy (non-hydrogen) atoms. The van der Waals surface area contributed by atoms with Crippen molar-refractivity contribution < 1.29 is 9.90 Å². The van der Waals surface area contributed by atoms with Crippen molar-refractivity contribution in [2.24, 2.45) is 5.92 Å². The Hall–Kier alpha value is -1.65. The molecular formula is C18H18BrNO2. The summed E-state index contributed by atoms with van der Waals surface area (Å²) in [4.78, 5) is 13.8. The Balaban J connectivity index is 1.87. The molecule has 1 heterocycles. The Morgan fingerprint density at radius 3 is 2.59 bits per heavy atom. The van der Waals surface area contributed by atoms with E-state index in [9.17, 15) is 9.90 Å². The fourth-order valence-corrected chi connectivity index (χ4v) is 3.26. The van der Waals surface area contributed by atoms with Crippen LogP contribution in [0.2, 0.25) is 0 Å². The lowest BCUT2D eigenvalue weighted by Crippen LogP contribution is -2.24. The zero-order valence-electron chi connectivity index (χ0n) is 12.4. The van der Waals surface area contributed by atoms with Crippen LogP contribution in [0.4, 0.5) is 5.69 Å². The number of carbonyl (C=O) groups is 1. The first-order valence-corrected chi connectivity index (χ1v) is 8.16. The minimum absolute atomic E-state index is 0.0551. The lowest BCUT2D eigenvalue weighted by atomic mass is 10.0. The van der Waals surface area contributed by atoms with Crippen molar-refractivity contribution in [3.8, 4) is 11.1 Å². The smallest absolute Gasteiger partial charge is 0.227 e. The molecule has 1 aliphatic heterocycles. The molecular weight excluding hydrogens is 342 g/mol. The van der Waals surface area contributed by atoms with Crippen LogP contribution >= 0.6 is 15.9 Å². The van der Waals surface area contributed by atoms with Gasteiger partial charge in [-0.15, -0.1) is 0 Å². The van der Waals surface area contributed by atoms with Crippen molar-refractivity contribution >= 4 is 27.5 Å². The fraction of sp³-hybridized carbons (Fsp3) is 0.278. The van der Waals surface area contributed by atoms with Crippen LogP contribution in [0.5, 0.6) is 0 Å². The van der Waals surface area contributed by atoms with Crippen molar-refractivity contribution in [3.05, 3.63) is 52.5 Å². The van der Waals surface area contributed by atoms with Crippen molar-refractivity contribution in [2.75, 3.05) is 18.1 Å². The number of aliphatic hydroxyl groups is 1. The van der Waals surface area contributed by atoms with Crippen molar-refractivity contribution in [1.29, 1.82) is 0 Å². The molecule has 1 amide bonds. The molecule has 0 bridgehead atoms. The molecule has 1 atom stereocenters. The number of anilines is 1. The summed E-state index contributed by atoms with van der Waals surface area (Å²) in [6.07, 6.45) is 0.434. The van der Waals surface area contributed by atoms with Crippen LogP contribution in [0.1, 0.15) is 12.0 Å². The summed E-state index contributed by atoms with van der Waals surface area (Å²) < 4.78 is 1.09. The summed E-state index contributed by atoms with van der Waals surface area (Å²) >= 11 is 3.56. The highest BCUT2D eigenvalue weighted by molar-refractivity contribution is 9.10. The number of halogens is 1. The van der Waals surface area contributed by atoms with Crippen LogP contribution in [0.3, 0.4) is 0 Å². The maximum absolute atomic E-state index is 12.0. The number of hydrogen-bond donors (Lipinski definition) is 1.